The van der Waals surface area contributed by atoms with E-state index in [1.165, 1.54) is 0 Å². The SMILES string of the molecule is Cc1ccc(NC(=O)c2cnn3c2NC2=C(C(=O)CC(C)(C)C2)[C@H]3c2ccccc2C)cc1. The number of hydrogen-bond donors (Lipinski definition) is 2. The van der Waals surface area contributed by atoms with Crippen LogP contribution in [0.15, 0.2) is 66.0 Å². The van der Waals surface area contributed by atoms with Crippen LogP contribution < -0.4 is 10.6 Å². The molecule has 0 bridgehead atoms. The number of benzene rings is 2. The van der Waals surface area contributed by atoms with Crippen molar-refractivity contribution in [2.45, 2.75) is 46.6 Å². The summed E-state index contributed by atoms with van der Waals surface area (Å²) in [5.74, 6) is 0.521. The summed E-state index contributed by atoms with van der Waals surface area (Å²) in [6.07, 6.45) is 2.82. The predicted octanol–water partition coefficient (Wildman–Crippen LogP) is 5.41. The van der Waals surface area contributed by atoms with Gasteiger partial charge in [-0.25, -0.2) is 4.68 Å². The average molecular weight is 441 g/mol. The molecule has 0 saturated heterocycles. The minimum absolute atomic E-state index is 0.133. The molecule has 2 aliphatic rings. The van der Waals surface area contributed by atoms with E-state index in [2.05, 4.69) is 29.6 Å². The van der Waals surface area contributed by atoms with Gasteiger partial charge in [-0.15, -0.1) is 0 Å². The van der Waals surface area contributed by atoms with E-state index >= 15 is 0 Å². The first-order valence-corrected chi connectivity index (χ1v) is 11.3. The molecule has 0 fully saturated rings. The van der Waals surface area contributed by atoms with Gasteiger partial charge in [-0.2, -0.15) is 5.10 Å². The zero-order chi connectivity index (χ0) is 23.3. The number of anilines is 2. The number of aromatic nitrogens is 2. The lowest BCUT2D eigenvalue weighted by Gasteiger charge is -2.39. The molecule has 6 nitrogen and oxygen atoms in total. The molecule has 168 valence electrons. The van der Waals surface area contributed by atoms with Crippen LogP contribution in [-0.4, -0.2) is 21.5 Å². The fourth-order valence-corrected chi connectivity index (χ4v) is 4.89. The van der Waals surface area contributed by atoms with Gasteiger partial charge in [0.2, 0.25) is 0 Å². The largest absolute Gasteiger partial charge is 0.343 e. The third kappa shape index (κ3) is 3.75. The van der Waals surface area contributed by atoms with Crippen molar-refractivity contribution in [1.29, 1.82) is 0 Å². The molecule has 5 rings (SSSR count). The highest BCUT2D eigenvalue weighted by Crippen LogP contribution is 2.46. The first kappa shape index (κ1) is 21.2. The summed E-state index contributed by atoms with van der Waals surface area (Å²) < 4.78 is 1.79. The predicted molar refractivity (Wildman–Crippen MR) is 129 cm³/mol. The van der Waals surface area contributed by atoms with Gasteiger partial charge in [-0.1, -0.05) is 55.8 Å². The maximum Gasteiger partial charge on any atom is 0.261 e. The van der Waals surface area contributed by atoms with Gasteiger partial charge in [0.15, 0.2) is 5.78 Å². The molecule has 0 radical (unpaired) electrons. The Bertz CT molecular complexity index is 1300. The van der Waals surface area contributed by atoms with Crippen molar-refractivity contribution < 1.29 is 9.59 Å². The Morgan fingerprint density at radius 3 is 2.55 bits per heavy atom. The Morgan fingerprint density at radius 1 is 1.09 bits per heavy atom. The van der Waals surface area contributed by atoms with E-state index < -0.39 is 0 Å². The maximum atomic E-state index is 13.3. The van der Waals surface area contributed by atoms with Crippen molar-refractivity contribution in [2.75, 3.05) is 10.6 Å². The molecule has 0 saturated carbocycles. The van der Waals surface area contributed by atoms with Crippen LogP contribution in [-0.2, 0) is 4.79 Å². The van der Waals surface area contributed by atoms with Gasteiger partial charge in [0.05, 0.1) is 6.20 Å². The molecule has 1 aliphatic carbocycles. The van der Waals surface area contributed by atoms with Crippen LogP contribution >= 0.6 is 0 Å². The van der Waals surface area contributed by atoms with Crippen LogP contribution in [0.1, 0.15) is 59.8 Å². The highest BCUT2D eigenvalue weighted by molar-refractivity contribution is 6.08. The lowest BCUT2D eigenvalue weighted by molar-refractivity contribution is -0.118. The number of hydrogen-bond acceptors (Lipinski definition) is 4. The van der Waals surface area contributed by atoms with E-state index in [4.69, 9.17) is 0 Å². The topological polar surface area (TPSA) is 76.0 Å². The number of Topliss-reactive ketones (excluding diaryl/α,β-unsaturated/α-hetero) is 1. The first-order valence-electron chi connectivity index (χ1n) is 11.3. The second-order valence-corrected chi connectivity index (χ2v) is 9.89. The van der Waals surface area contributed by atoms with Gasteiger partial charge in [0.25, 0.3) is 5.91 Å². The quantitative estimate of drug-likeness (QED) is 0.571. The molecule has 1 amide bonds. The third-order valence-corrected chi connectivity index (χ3v) is 6.54. The summed E-state index contributed by atoms with van der Waals surface area (Å²) in [6, 6.07) is 15.4. The van der Waals surface area contributed by atoms with Crippen LogP contribution in [0.4, 0.5) is 11.5 Å². The van der Waals surface area contributed by atoms with Crippen molar-refractivity contribution >= 4 is 23.2 Å². The Hall–Kier alpha value is -3.67. The number of nitrogens with zero attached hydrogens (tertiary/aromatic N) is 2. The molecular formula is C27H28N4O2. The molecule has 33 heavy (non-hydrogen) atoms. The highest BCUT2D eigenvalue weighted by atomic mass is 16.1. The van der Waals surface area contributed by atoms with E-state index in [0.717, 1.165) is 40.1 Å². The Kier molecular flexibility index (Phi) is 4.96. The van der Waals surface area contributed by atoms with Gasteiger partial charge in [-0.3, -0.25) is 9.59 Å². The number of carbonyl (C=O) groups excluding carboxylic acids is 2. The summed E-state index contributed by atoms with van der Waals surface area (Å²) in [4.78, 5) is 26.5. The number of aryl methyl sites for hydroxylation is 2. The van der Waals surface area contributed by atoms with Crippen molar-refractivity contribution in [3.05, 3.63) is 88.3 Å². The van der Waals surface area contributed by atoms with E-state index in [9.17, 15) is 9.59 Å². The van der Waals surface area contributed by atoms with Crippen LogP contribution in [0.2, 0.25) is 0 Å². The minimum Gasteiger partial charge on any atom is -0.343 e. The van der Waals surface area contributed by atoms with Gasteiger partial charge in [-0.05, 0) is 48.9 Å². The number of amides is 1. The fourth-order valence-electron chi connectivity index (χ4n) is 4.89. The molecule has 2 aromatic carbocycles. The average Bonchev–Trinajstić information content (AvgIpc) is 3.17. The Balaban J connectivity index is 1.60. The number of fused-ring (bicyclic) bond motifs is 1. The molecule has 1 aliphatic heterocycles. The standard InChI is InChI=1S/C27H28N4O2/c1-16-9-11-18(12-10-16)29-26(33)20-15-28-31-24(19-8-6-5-7-17(19)2)23-21(30-25(20)31)13-27(3,4)14-22(23)32/h5-12,15,24,30H,13-14H2,1-4H3,(H,29,33)/t24-/m1/s1. The second-order valence-electron chi connectivity index (χ2n) is 9.89. The Labute approximate surface area is 193 Å². The van der Waals surface area contributed by atoms with E-state index in [1.807, 2.05) is 62.4 Å². The fraction of sp³-hybridized carbons (Fsp3) is 0.296. The summed E-state index contributed by atoms with van der Waals surface area (Å²) in [6.45, 7) is 8.27. The summed E-state index contributed by atoms with van der Waals surface area (Å²) in [5, 5.41) is 11.0. The molecular weight excluding hydrogens is 412 g/mol. The van der Waals surface area contributed by atoms with Gasteiger partial charge in [0, 0.05) is 23.4 Å². The zero-order valence-electron chi connectivity index (χ0n) is 19.4. The number of nitrogens with one attached hydrogen (secondary N) is 2. The number of rotatable bonds is 3. The van der Waals surface area contributed by atoms with Gasteiger partial charge < -0.3 is 10.6 Å². The minimum atomic E-state index is -0.359. The zero-order valence-corrected chi connectivity index (χ0v) is 19.4. The van der Waals surface area contributed by atoms with E-state index in [-0.39, 0.29) is 23.1 Å². The molecule has 1 atom stereocenters. The summed E-state index contributed by atoms with van der Waals surface area (Å²) >= 11 is 0. The number of carbonyl (C=O) groups is 2. The molecule has 6 heteroatoms. The van der Waals surface area contributed by atoms with Gasteiger partial charge >= 0.3 is 0 Å². The summed E-state index contributed by atoms with van der Waals surface area (Å²) in [5.41, 5.74) is 5.91. The molecule has 2 heterocycles. The molecule has 2 N–H and O–H groups in total. The van der Waals surface area contributed by atoms with E-state index in [1.54, 1.807) is 10.9 Å². The first-order chi connectivity index (χ1) is 15.7. The monoisotopic (exact) mass is 440 g/mol. The lowest BCUT2D eigenvalue weighted by Crippen LogP contribution is -2.37. The van der Waals surface area contributed by atoms with Crippen molar-refractivity contribution in [2.24, 2.45) is 5.41 Å². The lowest BCUT2D eigenvalue weighted by atomic mass is 9.72. The van der Waals surface area contributed by atoms with Crippen LogP contribution in [0.3, 0.4) is 0 Å². The second kappa shape index (κ2) is 7.73. The van der Waals surface area contributed by atoms with Crippen LogP contribution in [0, 0.1) is 19.3 Å². The molecule has 0 spiro atoms. The summed E-state index contributed by atoms with van der Waals surface area (Å²) in [7, 11) is 0. The molecule has 0 unspecified atom stereocenters. The Morgan fingerprint density at radius 2 is 1.82 bits per heavy atom. The van der Waals surface area contributed by atoms with E-state index in [0.29, 0.717) is 17.8 Å². The van der Waals surface area contributed by atoms with Crippen molar-refractivity contribution in [1.82, 2.24) is 9.78 Å². The van der Waals surface area contributed by atoms with Crippen molar-refractivity contribution in [3.63, 3.8) is 0 Å². The molecule has 1 aromatic heterocycles. The maximum absolute atomic E-state index is 13.3. The van der Waals surface area contributed by atoms with Crippen LogP contribution in [0.25, 0.3) is 0 Å². The van der Waals surface area contributed by atoms with Gasteiger partial charge in [0.1, 0.15) is 17.4 Å². The number of ketones is 1. The van der Waals surface area contributed by atoms with Crippen LogP contribution in [0.5, 0.6) is 0 Å². The number of allylic oxidation sites excluding steroid dienone is 2. The smallest absolute Gasteiger partial charge is 0.261 e. The normalized spacial score (nSPS) is 18.9. The highest BCUT2D eigenvalue weighted by Gasteiger charge is 2.42. The molecule has 3 aromatic rings. The third-order valence-electron chi connectivity index (χ3n) is 6.54. The van der Waals surface area contributed by atoms with Crippen molar-refractivity contribution in [3.8, 4) is 0 Å².